The molecule has 4 rings (SSSR count). The Bertz CT molecular complexity index is 1470. The van der Waals surface area contributed by atoms with E-state index in [4.69, 9.17) is 28.6 Å². The molecule has 38 heavy (non-hydrogen) atoms. The highest BCUT2D eigenvalue weighted by molar-refractivity contribution is 7.80. The second kappa shape index (κ2) is 12.8. The Kier molecular flexibility index (Phi) is 9.02. The van der Waals surface area contributed by atoms with Gasteiger partial charge in [-0.1, -0.05) is 60.1 Å². The summed E-state index contributed by atoms with van der Waals surface area (Å²) in [5, 5.41) is 8.17. The molecule has 0 aliphatic heterocycles. The fourth-order valence-corrected chi connectivity index (χ4v) is 3.94. The topological polar surface area (TPSA) is 79.5 Å². The van der Waals surface area contributed by atoms with Crippen molar-refractivity contribution in [1.29, 1.82) is 0 Å². The number of ether oxygens (including phenoxy) is 1. The highest BCUT2D eigenvalue weighted by Gasteiger charge is 2.14. The number of rotatable bonds is 8. The monoisotopic (exact) mass is 547 g/mol. The predicted octanol–water partition coefficient (Wildman–Crippen LogP) is 6.48. The van der Waals surface area contributed by atoms with Crippen LogP contribution in [-0.4, -0.2) is 23.5 Å². The predicted molar refractivity (Wildman–Crippen MR) is 152 cm³/mol. The van der Waals surface area contributed by atoms with Gasteiger partial charge in [0, 0.05) is 23.4 Å². The first-order chi connectivity index (χ1) is 18.4. The zero-order chi connectivity index (χ0) is 26.9. The Hall–Kier alpha value is -4.27. The number of para-hydroxylation sites is 1. The number of halogens is 2. The van der Waals surface area contributed by atoms with Crippen molar-refractivity contribution in [2.45, 2.75) is 6.42 Å². The first kappa shape index (κ1) is 26.8. The molecular weight excluding hydrogens is 525 g/mol. The van der Waals surface area contributed by atoms with Gasteiger partial charge in [-0.25, -0.2) is 4.39 Å². The third-order valence-electron chi connectivity index (χ3n) is 5.41. The largest absolute Gasteiger partial charge is 0.492 e. The minimum atomic E-state index is -0.576. The van der Waals surface area contributed by atoms with Crippen LogP contribution < -0.4 is 20.7 Å². The van der Waals surface area contributed by atoms with Gasteiger partial charge in [0.15, 0.2) is 5.11 Å². The summed E-state index contributed by atoms with van der Waals surface area (Å²) in [6.07, 6.45) is 0.703. The average Bonchev–Trinajstić information content (AvgIpc) is 2.91. The van der Waals surface area contributed by atoms with Crippen LogP contribution in [-0.2, 0) is 6.42 Å². The lowest BCUT2D eigenvalue weighted by Gasteiger charge is -2.14. The summed E-state index contributed by atoms with van der Waals surface area (Å²) in [6, 6.07) is 27.3. The molecule has 6 nitrogen and oxygen atoms in total. The second-order valence-electron chi connectivity index (χ2n) is 8.15. The van der Waals surface area contributed by atoms with Gasteiger partial charge in [0.1, 0.15) is 11.6 Å². The molecule has 0 aromatic heterocycles. The number of thiocarbonyl (C=S) groups is 1. The Morgan fingerprint density at radius 3 is 2.34 bits per heavy atom. The summed E-state index contributed by atoms with van der Waals surface area (Å²) in [5.41, 5.74) is 2.65. The van der Waals surface area contributed by atoms with Crippen molar-refractivity contribution in [3.05, 3.63) is 125 Å². The maximum atomic E-state index is 13.4. The maximum absolute atomic E-state index is 13.4. The van der Waals surface area contributed by atoms with E-state index in [-0.39, 0.29) is 10.1 Å². The standard InChI is InChI=1S/C29H23ClFN3O3S/c30-24-18-22(13-14-25(24)31)32-27(35)20-9-6-10-21(17-20)33-29(38)34-28(36)23-11-4-5-12-26(23)37-16-15-19-7-2-1-3-8-19/h1-14,17-18H,15-16H2,(H,32,35)(H2,33,34,36,38). The zero-order valence-corrected chi connectivity index (χ0v) is 21.6. The molecule has 0 radical (unpaired) electrons. The molecule has 0 aliphatic carbocycles. The molecule has 9 heteroatoms. The molecule has 0 fully saturated rings. The van der Waals surface area contributed by atoms with Crippen LogP contribution in [0.1, 0.15) is 26.3 Å². The van der Waals surface area contributed by atoms with Crippen molar-refractivity contribution in [1.82, 2.24) is 5.32 Å². The molecule has 2 amide bonds. The lowest BCUT2D eigenvalue weighted by molar-refractivity contribution is 0.0972. The Morgan fingerprint density at radius 1 is 0.816 bits per heavy atom. The number of benzene rings is 4. The van der Waals surface area contributed by atoms with Crippen LogP contribution in [0.3, 0.4) is 0 Å². The molecular formula is C29H23ClFN3O3S. The summed E-state index contributed by atoms with van der Waals surface area (Å²) in [6.45, 7) is 0.413. The molecule has 0 spiro atoms. The van der Waals surface area contributed by atoms with Gasteiger partial charge in [0.25, 0.3) is 11.8 Å². The smallest absolute Gasteiger partial charge is 0.261 e. The Labute approximate surface area is 229 Å². The molecule has 4 aromatic rings. The number of hydrogen-bond donors (Lipinski definition) is 3. The van der Waals surface area contributed by atoms with E-state index in [1.165, 1.54) is 18.2 Å². The number of anilines is 2. The van der Waals surface area contributed by atoms with Gasteiger partial charge in [-0.3, -0.25) is 14.9 Å². The summed E-state index contributed by atoms with van der Waals surface area (Å²) in [5.74, 6) is -0.983. The van der Waals surface area contributed by atoms with Crippen LogP contribution >= 0.6 is 23.8 Å². The van der Waals surface area contributed by atoms with Crippen molar-refractivity contribution < 1.29 is 18.7 Å². The van der Waals surface area contributed by atoms with Crippen LogP contribution in [0.5, 0.6) is 5.75 Å². The first-order valence-electron chi connectivity index (χ1n) is 11.6. The lowest BCUT2D eigenvalue weighted by Crippen LogP contribution is -2.34. The van der Waals surface area contributed by atoms with E-state index in [1.54, 1.807) is 48.5 Å². The number of nitrogens with one attached hydrogen (secondary N) is 3. The Morgan fingerprint density at radius 2 is 1.55 bits per heavy atom. The summed E-state index contributed by atoms with van der Waals surface area (Å²) >= 11 is 11.1. The molecule has 0 heterocycles. The van der Waals surface area contributed by atoms with Crippen molar-refractivity contribution in [2.75, 3.05) is 17.2 Å². The van der Waals surface area contributed by atoms with Gasteiger partial charge in [-0.05, 0) is 66.3 Å². The third kappa shape index (κ3) is 7.38. The fraction of sp³-hybridized carbons (Fsp3) is 0.0690. The number of carbonyl (C=O) groups excluding carboxylic acids is 2. The van der Waals surface area contributed by atoms with Crippen LogP contribution in [0.15, 0.2) is 97.1 Å². The molecule has 0 atom stereocenters. The van der Waals surface area contributed by atoms with E-state index in [0.717, 1.165) is 5.56 Å². The molecule has 0 bridgehead atoms. The third-order valence-corrected chi connectivity index (χ3v) is 5.90. The quantitative estimate of drug-likeness (QED) is 0.220. The van der Waals surface area contributed by atoms with Gasteiger partial charge < -0.3 is 15.4 Å². The summed E-state index contributed by atoms with van der Waals surface area (Å²) in [4.78, 5) is 25.5. The summed E-state index contributed by atoms with van der Waals surface area (Å²) < 4.78 is 19.2. The SMILES string of the molecule is O=C(Nc1ccc(F)c(Cl)c1)c1cccc(NC(=S)NC(=O)c2ccccc2OCCc2ccccc2)c1. The van der Waals surface area contributed by atoms with Crippen molar-refractivity contribution in [2.24, 2.45) is 0 Å². The average molecular weight is 548 g/mol. The van der Waals surface area contributed by atoms with Gasteiger partial charge >= 0.3 is 0 Å². The molecule has 3 N–H and O–H groups in total. The van der Waals surface area contributed by atoms with Crippen molar-refractivity contribution >= 4 is 52.1 Å². The van der Waals surface area contributed by atoms with E-state index in [0.29, 0.717) is 41.3 Å². The molecule has 0 saturated heterocycles. The first-order valence-corrected chi connectivity index (χ1v) is 12.4. The number of hydrogen-bond acceptors (Lipinski definition) is 4. The minimum absolute atomic E-state index is 0.0527. The highest BCUT2D eigenvalue weighted by Crippen LogP contribution is 2.21. The lowest BCUT2D eigenvalue weighted by atomic mass is 10.1. The van der Waals surface area contributed by atoms with Gasteiger partial charge in [-0.15, -0.1) is 0 Å². The van der Waals surface area contributed by atoms with Crippen LogP contribution in [0.2, 0.25) is 5.02 Å². The van der Waals surface area contributed by atoms with Crippen LogP contribution in [0, 0.1) is 5.82 Å². The zero-order valence-electron chi connectivity index (χ0n) is 20.0. The van der Waals surface area contributed by atoms with E-state index in [1.807, 2.05) is 30.3 Å². The van der Waals surface area contributed by atoms with Gasteiger partial charge in [-0.2, -0.15) is 0 Å². The number of amides is 2. The normalized spacial score (nSPS) is 10.4. The minimum Gasteiger partial charge on any atom is -0.492 e. The highest BCUT2D eigenvalue weighted by atomic mass is 35.5. The molecule has 192 valence electrons. The number of carbonyl (C=O) groups is 2. The van der Waals surface area contributed by atoms with E-state index >= 15 is 0 Å². The Balaban J connectivity index is 1.34. The van der Waals surface area contributed by atoms with Crippen molar-refractivity contribution in [3.8, 4) is 5.75 Å². The maximum Gasteiger partial charge on any atom is 0.261 e. The second-order valence-corrected chi connectivity index (χ2v) is 8.97. The fourth-order valence-electron chi connectivity index (χ4n) is 3.55. The van der Waals surface area contributed by atoms with Crippen LogP contribution in [0.4, 0.5) is 15.8 Å². The summed E-state index contributed by atoms with van der Waals surface area (Å²) in [7, 11) is 0. The molecule has 0 aliphatic rings. The molecule has 0 saturated carbocycles. The van der Waals surface area contributed by atoms with Gasteiger partial charge in [0.2, 0.25) is 0 Å². The van der Waals surface area contributed by atoms with E-state index in [2.05, 4.69) is 16.0 Å². The van der Waals surface area contributed by atoms with Gasteiger partial charge in [0.05, 0.1) is 17.2 Å². The van der Waals surface area contributed by atoms with Crippen LogP contribution in [0.25, 0.3) is 0 Å². The van der Waals surface area contributed by atoms with E-state index < -0.39 is 17.6 Å². The van der Waals surface area contributed by atoms with E-state index in [9.17, 15) is 14.0 Å². The molecule has 4 aromatic carbocycles. The van der Waals surface area contributed by atoms with Crippen molar-refractivity contribution in [3.63, 3.8) is 0 Å². The molecule has 0 unspecified atom stereocenters.